The number of hydrogen-bond acceptors (Lipinski definition) is 3. The fourth-order valence-electron chi connectivity index (χ4n) is 2.47. The van der Waals surface area contributed by atoms with Crippen LogP contribution in [0.4, 0.5) is 23.2 Å². The monoisotopic (exact) mass is 277 g/mol. The lowest BCUT2D eigenvalue weighted by Crippen LogP contribution is -2.29. The van der Waals surface area contributed by atoms with Crippen molar-refractivity contribution >= 4 is 5.69 Å². The van der Waals surface area contributed by atoms with Crippen molar-refractivity contribution < 1.29 is 17.6 Å². The van der Waals surface area contributed by atoms with Crippen LogP contribution in [-0.2, 0) is 0 Å². The van der Waals surface area contributed by atoms with Crippen molar-refractivity contribution in [3.8, 4) is 0 Å². The zero-order chi connectivity index (χ0) is 14.2. The Balaban J connectivity index is 2.21. The lowest BCUT2D eigenvalue weighted by atomic mass is 10.1. The van der Waals surface area contributed by atoms with E-state index in [1.807, 2.05) is 7.05 Å². The molecule has 2 heterocycles. The van der Waals surface area contributed by atoms with Crippen LogP contribution in [0.1, 0.15) is 6.42 Å². The molecule has 1 aliphatic heterocycles. The highest BCUT2D eigenvalue weighted by Crippen LogP contribution is 2.27. The Kier molecular flexibility index (Phi) is 3.93. The van der Waals surface area contributed by atoms with Gasteiger partial charge in [-0.2, -0.15) is 22.5 Å². The molecule has 1 unspecified atom stereocenters. The molecule has 1 fully saturated rings. The van der Waals surface area contributed by atoms with E-state index in [0.717, 1.165) is 19.5 Å². The van der Waals surface area contributed by atoms with Gasteiger partial charge in [0.05, 0.1) is 0 Å². The van der Waals surface area contributed by atoms with E-state index in [1.54, 1.807) is 0 Å². The minimum absolute atomic E-state index is 0.216. The first-order chi connectivity index (χ1) is 8.90. The van der Waals surface area contributed by atoms with Gasteiger partial charge in [-0.1, -0.05) is 0 Å². The van der Waals surface area contributed by atoms with Gasteiger partial charge in [0.25, 0.3) is 11.9 Å². The van der Waals surface area contributed by atoms with Crippen LogP contribution in [0.2, 0.25) is 0 Å². The molecule has 2 rings (SSSR count). The third-order valence-electron chi connectivity index (χ3n) is 3.38. The molecule has 0 aliphatic carbocycles. The summed E-state index contributed by atoms with van der Waals surface area (Å²) in [5.41, 5.74) is -0.695. The second-order valence-electron chi connectivity index (χ2n) is 4.97. The van der Waals surface area contributed by atoms with Gasteiger partial charge in [0.15, 0.2) is 0 Å². The van der Waals surface area contributed by atoms with E-state index in [2.05, 4.69) is 9.88 Å². The van der Waals surface area contributed by atoms with Gasteiger partial charge in [0.1, 0.15) is 5.69 Å². The normalized spacial score (nSPS) is 20.0. The molecule has 0 aromatic carbocycles. The van der Waals surface area contributed by atoms with Gasteiger partial charge in [-0.05, 0) is 25.9 Å². The first-order valence-corrected chi connectivity index (χ1v) is 5.99. The zero-order valence-electron chi connectivity index (χ0n) is 10.8. The van der Waals surface area contributed by atoms with E-state index < -0.39 is 29.2 Å². The van der Waals surface area contributed by atoms with Gasteiger partial charge < -0.3 is 9.80 Å². The SMILES string of the molecule is CN1CCC(CN(C)c2c(F)c(F)nc(F)c2F)C1. The number of hydrogen-bond donors (Lipinski definition) is 0. The summed E-state index contributed by atoms with van der Waals surface area (Å²) in [6, 6.07) is 0. The number of aromatic nitrogens is 1. The lowest BCUT2D eigenvalue weighted by Gasteiger charge is -2.24. The second-order valence-corrected chi connectivity index (χ2v) is 4.97. The van der Waals surface area contributed by atoms with Gasteiger partial charge in [0, 0.05) is 20.1 Å². The maximum Gasteiger partial charge on any atom is 0.253 e. The Morgan fingerprint density at radius 1 is 1.21 bits per heavy atom. The summed E-state index contributed by atoms with van der Waals surface area (Å²) < 4.78 is 53.2. The van der Waals surface area contributed by atoms with Gasteiger partial charge in [0.2, 0.25) is 11.6 Å². The van der Waals surface area contributed by atoms with Crippen molar-refractivity contribution in [3.63, 3.8) is 0 Å². The van der Waals surface area contributed by atoms with Crippen molar-refractivity contribution in [2.24, 2.45) is 5.92 Å². The van der Waals surface area contributed by atoms with Gasteiger partial charge in [-0.15, -0.1) is 0 Å². The molecular formula is C12H15F4N3. The van der Waals surface area contributed by atoms with Crippen LogP contribution in [0.15, 0.2) is 0 Å². The van der Waals surface area contributed by atoms with E-state index >= 15 is 0 Å². The number of likely N-dealkylation sites (tertiary alicyclic amines) is 1. The Bertz CT molecular complexity index is 454. The molecule has 0 radical (unpaired) electrons. The molecule has 0 spiro atoms. The molecule has 106 valence electrons. The average Bonchev–Trinajstić information content (AvgIpc) is 2.72. The van der Waals surface area contributed by atoms with Crippen LogP contribution in [0.5, 0.6) is 0 Å². The third-order valence-corrected chi connectivity index (χ3v) is 3.38. The van der Waals surface area contributed by atoms with Crippen molar-refractivity contribution in [2.45, 2.75) is 6.42 Å². The van der Waals surface area contributed by atoms with Crippen LogP contribution in [0, 0.1) is 29.4 Å². The first-order valence-electron chi connectivity index (χ1n) is 5.99. The van der Waals surface area contributed by atoms with Crippen LogP contribution in [0.25, 0.3) is 0 Å². The van der Waals surface area contributed by atoms with E-state index in [4.69, 9.17) is 0 Å². The van der Waals surface area contributed by atoms with Crippen molar-refractivity contribution in [3.05, 3.63) is 23.5 Å². The predicted octanol–water partition coefficient (Wildman–Crippen LogP) is 2.03. The Hall–Kier alpha value is -1.37. The molecule has 1 aromatic heterocycles. The maximum atomic E-state index is 13.5. The Morgan fingerprint density at radius 3 is 2.26 bits per heavy atom. The van der Waals surface area contributed by atoms with Crippen LogP contribution in [0.3, 0.4) is 0 Å². The summed E-state index contributed by atoms with van der Waals surface area (Å²) in [7, 11) is 3.37. The van der Waals surface area contributed by atoms with E-state index in [1.165, 1.54) is 11.9 Å². The van der Waals surface area contributed by atoms with Crippen molar-refractivity contribution in [1.29, 1.82) is 0 Å². The van der Waals surface area contributed by atoms with Crippen LogP contribution in [-0.4, -0.2) is 43.6 Å². The van der Waals surface area contributed by atoms with Crippen molar-refractivity contribution in [1.82, 2.24) is 9.88 Å². The topological polar surface area (TPSA) is 19.4 Å². The zero-order valence-corrected chi connectivity index (χ0v) is 10.8. The molecule has 1 saturated heterocycles. The summed E-state index contributed by atoms with van der Waals surface area (Å²) in [5, 5.41) is 0. The quantitative estimate of drug-likeness (QED) is 0.622. The summed E-state index contributed by atoms with van der Waals surface area (Å²) in [6.45, 7) is 2.03. The molecule has 0 bridgehead atoms. The lowest BCUT2D eigenvalue weighted by molar-refractivity contribution is 0.390. The minimum Gasteiger partial charge on any atom is -0.369 e. The molecular weight excluding hydrogens is 262 g/mol. The number of anilines is 1. The molecule has 1 aromatic rings. The van der Waals surface area contributed by atoms with E-state index in [9.17, 15) is 17.6 Å². The number of pyridine rings is 1. The minimum atomic E-state index is -1.62. The Morgan fingerprint density at radius 2 is 1.79 bits per heavy atom. The number of rotatable bonds is 3. The van der Waals surface area contributed by atoms with Gasteiger partial charge >= 0.3 is 0 Å². The standard InChI is InChI=1S/C12H15F4N3/c1-18-4-3-7(5-18)6-19(2)10-8(13)11(15)17-12(16)9(10)14/h7H,3-6H2,1-2H3. The molecule has 0 saturated carbocycles. The molecule has 19 heavy (non-hydrogen) atoms. The van der Waals surface area contributed by atoms with Gasteiger partial charge in [-0.25, -0.2) is 0 Å². The highest BCUT2D eigenvalue weighted by atomic mass is 19.2. The fourth-order valence-corrected chi connectivity index (χ4v) is 2.47. The first kappa shape index (κ1) is 14.0. The number of halogens is 4. The average molecular weight is 277 g/mol. The van der Waals surface area contributed by atoms with Crippen molar-refractivity contribution in [2.75, 3.05) is 38.6 Å². The summed E-state index contributed by atoms with van der Waals surface area (Å²) >= 11 is 0. The Labute approximate surface area is 108 Å². The highest BCUT2D eigenvalue weighted by Gasteiger charge is 2.27. The second kappa shape index (κ2) is 5.32. The summed E-state index contributed by atoms with van der Waals surface area (Å²) in [6.07, 6.45) is 0.889. The molecule has 1 atom stereocenters. The van der Waals surface area contributed by atoms with Crippen LogP contribution >= 0.6 is 0 Å². The predicted molar refractivity (Wildman–Crippen MR) is 62.9 cm³/mol. The summed E-state index contributed by atoms with van der Waals surface area (Å²) in [4.78, 5) is 5.85. The molecule has 1 aliphatic rings. The van der Waals surface area contributed by atoms with Crippen LogP contribution < -0.4 is 4.90 Å². The largest absolute Gasteiger partial charge is 0.369 e. The van der Waals surface area contributed by atoms with Gasteiger partial charge in [-0.3, -0.25) is 0 Å². The van der Waals surface area contributed by atoms with E-state index in [0.29, 0.717) is 6.54 Å². The summed E-state index contributed by atoms with van der Waals surface area (Å²) in [5.74, 6) is -5.93. The molecule has 7 heteroatoms. The van der Waals surface area contributed by atoms with E-state index in [-0.39, 0.29) is 5.92 Å². The molecule has 3 nitrogen and oxygen atoms in total. The number of nitrogens with zero attached hydrogens (tertiary/aromatic N) is 3. The fraction of sp³-hybridized carbons (Fsp3) is 0.583. The molecule has 0 N–H and O–H groups in total. The smallest absolute Gasteiger partial charge is 0.253 e. The maximum absolute atomic E-state index is 13.5. The third kappa shape index (κ3) is 2.80. The molecule has 0 amide bonds. The highest BCUT2D eigenvalue weighted by molar-refractivity contribution is 5.47.